The fourth-order valence-electron chi connectivity index (χ4n) is 3.08. The molecular weight excluding hydrogens is 369 g/mol. The zero-order chi connectivity index (χ0) is 19.6. The highest BCUT2D eigenvalue weighted by Crippen LogP contribution is 2.31. The first-order valence-corrected chi connectivity index (χ1v) is 8.77. The summed E-state index contributed by atoms with van der Waals surface area (Å²) in [4.78, 5) is 21.0. The minimum atomic E-state index is -4.37. The average Bonchev–Trinajstić information content (AvgIpc) is 2.74. The summed E-state index contributed by atoms with van der Waals surface area (Å²) < 4.78 is 38.8. The van der Waals surface area contributed by atoms with Gasteiger partial charge in [-0.3, -0.25) is 4.98 Å². The van der Waals surface area contributed by atoms with Crippen LogP contribution in [0.2, 0.25) is 0 Å². The lowest BCUT2D eigenvalue weighted by molar-refractivity contribution is -0.137. The van der Waals surface area contributed by atoms with E-state index in [9.17, 15) is 13.2 Å². The molecular formula is C19H17F3N6. The van der Waals surface area contributed by atoms with Crippen LogP contribution in [0.5, 0.6) is 0 Å². The van der Waals surface area contributed by atoms with E-state index in [4.69, 9.17) is 0 Å². The van der Waals surface area contributed by atoms with Crippen LogP contribution in [0.15, 0.2) is 55.1 Å². The Morgan fingerprint density at radius 1 is 0.857 bits per heavy atom. The molecule has 0 spiro atoms. The van der Waals surface area contributed by atoms with E-state index in [1.54, 1.807) is 18.6 Å². The Balaban J connectivity index is 1.46. The van der Waals surface area contributed by atoms with Gasteiger partial charge < -0.3 is 9.80 Å². The van der Waals surface area contributed by atoms with Crippen LogP contribution in [-0.2, 0) is 6.18 Å². The molecule has 1 saturated heterocycles. The molecule has 1 aliphatic rings. The molecule has 6 nitrogen and oxygen atoms in total. The average molecular weight is 386 g/mol. The third-order valence-electron chi connectivity index (χ3n) is 4.56. The lowest BCUT2D eigenvalue weighted by Crippen LogP contribution is -2.47. The summed E-state index contributed by atoms with van der Waals surface area (Å²) in [5, 5.41) is 0. The van der Waals surface area contributed by atoms with Gasteiger partial charge in [0.15, 0.2) is 0 Å². The van der Waals surface area contributed by atoms with Gasteiger partial charge in [0.1, 0.15) is 5.82 Å². The van der Waals surface area contributed by atoms with Crippen molar-refractivity contribution < 1.29 is 13.2 Å². The number of hydrogen-bond acceptors (Lipinski definition) is 6. The molecule has 144 valence electrons. The van der Waals surface area contributed by atoms with E-state index in [1.165, 1.54) is 6.20 Å². The number of nitrogens with zero attached hydrogens (tertiary/aromatic N) is 6. The minimum absolute atomic E-state index is 0.333. The van der Waals surface area contributed by atoms with Crippen molar-refractivity contribution in [2.75, 3.05) is 36.0 Å². The van der Waals surface area contributed by atoms with Crippen molar-refractivity contribution >= 4 is 11.8 Å². The van der Waals surface area contributed by atoms with Gasteiger partial charge in [0.25, 0.3) is 0 Å². The predicted molar refractivity (Wildman–Crippen MR) is 98.9 cm³/mol. The number of anilines is 2. The van der Waals surface area contributed by atoms with Crippen LogP contribution >= 0.6 is 0 Å². The Labute approximate surface area is 159 Å². The third kappa shape index (κ3) is 3.88. The fraction of sp³-hybridized carbons (Fsp3) is 0.263. The Morgan fingerprint density at radius 3 is 2.32 bits per heavy atom. The largest absolute Gasteiger partial charge is 0.416 e. The predicted octanol–water partition coefficient (Wildman–Crippen LogP) is 3.28. The molecule has 0 unspecified atom stereocenters. The smallest absolute Gasteiger partial charge is 0.353 e. The zero-order valence-electron chi connectivity index (χ0n) is 14.8. The van der Waals surface area contributed by atoms with Crippen molar-refractivity contribution in [3.05, 3.63) is 60.7 Å². The molecule has 1 fully saturated rings. The number of rotatable bonds is 3. The van der Waals surface area contributed by atoms with Gasteiger partial charge in [0.05, 0.1) is 11.3 Å². The third-order valence-corrected chi connectivity index (χ3v) is 4.56. The number of aromatic nitrogens is 4. The normalized spacial score (nSPS) is 15.0. The molecule has 4 rings (SSSR count). The summed E-state index contributed by atoms with van der Waals surface area (Å²) in [6.07, 6.45) is 1.96. The summed E-state index contributed by atoms with van der Waals surface area (Å²) >= 11 is 0. The quantitative estimate of drug-likeness (QED) is 0.689. The molecule has 4 heterocycles. The first kappa shape index (κ1) is 18.1. The van der Waals surface area contributed by atoms with Gasteiger partial charge in [-0.25, -0.2) is 15.0 Å². The van der Waals surface area contributed by atoms with Gasteiger partial charge in [-0.05, 0) is 30.3 Å². The summed E-state index contributed by atoms with van der Waals surface area (Å²) in [5.41, 5.74) is 0.991. The standard InChI is InChI=1S/C19H17F3N6/c20-19(21,22)15-3-6-24-17(12-15)27-8-10-28(11-9-27)18-25-7-4-16(26-18)14-2-1-5-23-13-14/h1-7,12-13H,8-11H2. The second kappa shape index (κ2) is 7.41. The highest BCUT2D eigenvalue weighted by Gasteiger charge is 2.31. The number of alkyl halides is 3. The molecule has 3 aromatic heterocycles. The van der Waals surface area contributed by atoms with Gasteiger partial charge in [-0.1, -0.05) is 0 Å². The van der Waals surface area contributed by atoms with Crippen LogP contribution < -0.4 is 9.80 Å². The Morgan fingerprint density at radius 2 is 1.61 bits per heavy atom. The first-order chi connectivity index (χ1) is 13.5. The van der Waals surface area contributed by atoms with Crippen LogP contribution in [0.4, 0.5) is 24.9 Å². The maximum atomic E-state index is 12.9. The van der Waals surface area contributed by atoms with E-state index in [0.717, 1.165) is 23.4 Å². The van der Waals surface area contributed by atoms with Crippen molar-refractivity contribution in [1.29, 1.82) is 0 Å². The highest BCUT2D eigenvalue weighted by molar-refractivity contribution is 5.59. The van der Waals surface area contributed by atoms with Crippen molar-refractivity contribution in [3.8, 4) is 11.3 Å². The summed E-state index contributed by atoms with van der Waals surface area (Å²) in [6, 6.07) is 7.67. The fourth-order valence-corrected chi connectivity index (χ4v) is 3.08. The lowest BCUT2D eigenvalue weighted by Gasteiger charge is -2.35. The second-order valence-corrected chi connectivity index (χ2v) is 6.36. The van der Waals surface area contributed by atoms with Crippen molar-refractivity contribution in [2.24, 2.45) is 0 Å². The van der Waals surface area contributed by atoms with E-state index >= 15 is 0 Å². The van der Waals surface area contributed by atoms with Gasteiger partial charge in [0, 0.05) is 56.5 Å². The van der Waals surface area contributed by atoms with E-state index in [0.29, 0.717) is 37.9 Å². The van der Waals surface area contributed by atoms with Gasteiger partial charge in [-0.15, -0.1) is 0 Å². The van der Waals surface area contributed by atoms with Crippen LogP contribution in [0, 0.1) is 0 Å². The first-order valence-electron chi connectivity index (χ1n) is 8.77. The topological polar surface area (TPSA) is 58.0 Å². The molecule has 3 aromatic rings. The van der Waals surface area contributed by atoms with Crippen molar-refractivity contribution in [3.63, 3.8) is 0 Å². The van der Waals surface area contributed by atoms with E-state index in [2.05, 4.69) is 19.9 Å². The number of pyridine rings is 2. The summed E-state index contributed by atoms with van der Waals surface area (Å²) in [7, 11) is 0. The molecule has 0 saturated carbocycles. The molecule has 0 atom stereocenters. The van der Waals surface area contributed by atoms with E-state index in [1.807, 2.05) is 28.0 Å². The second-order valence-electron chi connectivity index (χ2n) is 6.36. The van der Waals surface area contributed by atoms with E-state index < -0.39 is 11.7 Å². The van der Waals surface area contributed by atoms with Crippen molar-refractivity contribution in [2.45, 2.75) is 6.18 Å². The van der Waals surface area contributed by atoms with Crippen LogP contribution in [0.3, 0.4) is 0 Å². The summed E-state index contributed by atoms with van der Waals surface area (Å²) in [6.45, 7) is 2.26. The molecule has 1 aliphatic heterocycles. The molecule has 9 heteroatoms. The highest BCUT2D eigenvalue weighted by atomic mass is 19.4. The maximum Gasteiger partial charge on any atom is 0.416 e. The van der Waals surface area contributed by atoms with Gasteiger partial charge in [0.2, 0.25) is 5.95 Å². The number of hydrogen-bond donors (Lipinski definition) is 0. The molecule has 0 N–H and O–H groups in total. The van der Waals surface area contributed by atoms with Crippen LogP contribution in [0.25, 0.3) is 11.3 Å². The Kier molecular flexibility index (Phi) is 4.81. The minimum Gasteiger partial charge on any atom is -0.353 e. The molecule has 0 amide bonds. The van der Waals surface area contributed by atoms with Crippen LogP contribution in [0.1, 0.15) is 5.56 Å². The summed E-state index contributed by atoms with van der Waals surface area (Å²) in [5.74, 6) is 0.928. The Bertz CT molecular complexity index is 940. The Hall–Kier alpha value is -3.23. The monoisotopic (exact) mass is 386 g/mol. The zero-order valence-corrected chi connectivity index (χ0v) is 14.8. The van der Waals surface area contributed by atoms with Gasteiger partial charge in [-0.2, -0.15) is 13.2 Å². The number of piperazine rings is 1. The van der Waals surface area contributed by atoms with E-state index in [-0.39, 0.29) is 0 Å². The molecule has 28 heavy (non-hydrogen) atoms. The SMILES string of the molecule is FC(F)(F)c1ccnc(N2CCN(c3nccc(-c4cccnc4)n3)CC2)c1. The van der Waals surface area contributed by atoms with Crippen LogP contribution in [-0.4, -0.2) is 46.1 Å². The molecule has 0 bridgehead atoms. The molecule has 0 aromatic carbocycles. The van der Waals surface area contributed by atoms with Crippen molar-refractivity contribution in [1.82, 2.24) is 19.9 Å². The molecule has 0 radical (unpaired) electrons. The number of halogens is 3. The maximum absolute atomic E-state index is 12.9. The molecule has 0 aliphatic carbocycles. The van der Waals surface area contributed by atoms with Gasteiger partial charge >= 0.3 is 6.18 Å². The lowest BCUT2D eigenvalue weighted by atomic mass is 10.2.